The van der Waals surface area contributed by atoms with Crippen molar-refractivity contribution < 1.29 is 4.39 Å². The average molecular weight is 318 g/mol. The Morgan fingerprint density at radius 1 is 1.41 bits per heavy atom. The van der Waals surface area contributed by atoms with Crippen LogP contribution in [0, 0.1) is 5.82 Å². The fraction of sp³-hybridized carbons (Fsp3) is 0.0909. The van der Waals surface area contributed by atoms with Crippen molar-refractivity contribution in [3.63, 3.8) is 0 Å². The Labute approximate surface area is 110 Å². The zero-order valence-electron chi connectivity index (χ0n) is 8.53. The average Bonchev–Trinajstić information content (AvgIpc) is 2.32. The van der Waals surface area contributed by atoms with E-state index in [0.29, 0.717) is 0 Å². The van der Waals surface area contributed by atoms with Crippen LogP contribution >= 0.6 is 27.5 Å². The number of hydrogen-bond donors (Lipinski definition) is 0. The van der Waals surface area contributed by atoms with Crippen LogP contribution in [-0.4, -0.2) is 9.55 Å². The van der Waals surface area contributed by atoms with Gasteiger partial charge in [0.15, 0.2) is 0 Å². The highest BCUT2D eigenvalue weighted by molar-refractivity contribution is 9.10. The maximum Gasteiger partial charge on any atom is 0.290 e. The second-order valence-corrected chi connectivity index (χ2v) is 4.55. The summed E-state index contributed by atoms with van der Waals surface area (Å²) in [4.78, 5) is 15.2. The summed E-state index contributed by atoms with van der Waals surface area (Å²) in [6, 6.07) is 7.33. The molecule has 0 radical (unpaired) electrons. The number of hydrogen-bond acceptors (Lipinski definition) is 2. The van der Waals surface area contributed by atoms with Gasteiger partial charge >= 0.3 is 0 Å². The molecule has 6 heteroatoms. The highest BCUT2D eigenvalue weighted by Gasteiger charge is 2.10. The lowest BCUT2D eigenvalue weighted by molar-refractivity contribution is 0.568. The minimum Gasteiger partial charge on any atom is -0.276 e. The monoisotopic (exact) mass is 316 g/mol. The van der Waals surface area contributed by atoms with Crippen LogP contribution in [0.1, 0.15) is 5.56 Å². The van der Waals surface area contributed by atoms with Crippen LogP contribution in [0.25, 0.3) is 0 Å². The summed E-state index contributed by atoms with van der Waals surface area (Å²) in [7, 11) is 0. The molecule has 3 nitrogen and oxygen atoms in total. The first-order chi connectivity index (χ1) is 8.09. The zero-order valence-corrected chi connectivity index (χ0v) is 10.9. The number of nitrogens with zero attached hydrogens (tertiary/aromatic N) is 2. The smallest absolute Gasteiger partial charge is 0.276 e. The minimum atomic E-state index is -0.915. The van der Waals surface area contributed by atoms with Gasteiger partial charge in [0.2, 0.25) is 11.1 Å². The molecule has 1 aromatic carbocycles. The molecule has 88 valence electrons. The molecule has 0 bridgehead atoms. The van der Waals surface area contributed by atoms with E-state index in [1.165, 1.54) is 0 Å². The fourth-order valence-corrected chi connectivity index (χ4v) is 1.98. The quantitative estimate of drug-likeness (QED) is 0.798. The number of benzene rings is 1. The first-order valence-corrected chi connectivity index (χ1v) is 5.91. The molecule has 0 aliphatic carbocycles. The molecule has 0 fully saturated rings. The van der Waals surface area contributed by atoms with Crippen LogP contribution in [0.2, 0.25) is 5.28 Å². The van der Waals surface area contributed by atoms with Crippen molar-refractivity contribution in [3.05, 3.63) is 62.0 Å². The van der Waals surface area contributed by atoms with Gasteiger partial charge in [0, 0.05) is 4.47 Å². The highest BCUT2D eigenvalue weighted by atomic mass is 79.9. The molecule has 0 saturated heterocycles. The summed E-state index contributed by atoms with van der Waals surface area (Å²) < 4.78 is 15.0. The standard InChI is InChI=1S/C11H7BrClFN2O/c12-8-4-2-1-3-7(8)6-16-10(17)9(14)5-15-11(16)13/h1-5H,6H2. The highest BCUT2D eigenvalue weighted by Crippen LogP contribution is 2.17. The molecule has 0 aliphatic rings. The molecule has 0 N–H and O–H groups in total. The first kappa shape index (κ1) is 12.3. The van der Waals surface area contributed by atoms with Crippen LogP contribution < -0.4 is 5.56 Å². The lowest BCUT2D eigenvalue weighted by Gasteiger charge is -2.08. The third-order valence-corrected chi connectivity index (χ3v) is 3.32. The Morgan fingerprint density at radius 3 is 2.82 bits per heavy atom. The van der Waals surface area contributed by atoms with Crippen molar-refractivity contribution in [1.82, 2.24) is 9.55 Å². The van der Waals surface area contributed by atoms with Gasteiger partial charge in [0.05, 0.1) is 12.7 Å². The summed E-state index contributed by atoms with van der Waals surface area (Å²) in [6.07, 6.45) is 0.821. The molecule has 0 atom stereocenters. The fourth-order valence-electron chi connectivity index (χ4n) is 1.38. The van der Waals surface area contributed by atoms with Gasteiger partial charge in [-0.2, -0.15) is 4.39 Å². The molecule has 0 spiro atoms. The first-order valence-electron chi connectivity index (χ1n) is 4.74. The predicted molar refractivity (Wildman–Crippen MR) is 66.7 cm³/mol. The molecule has 0 amide bonds. The Morgan fingerprint density at radius 2 is 2.12 bits per heavy atom. The number of aromatic nitrogens is 2. The van der Waals surface area contributed by atoms with E-state index >= 15 is 0 Å². The maximum absolute atomic E-state index is 13.1. The second kappa shape index (κ2) is 4.98. The van der Waals surface area contributed by atoms with Crippen LogP contribution in [0.15, 0.2) is 39.7 Å². The van der Waals surface area contributed by atoms with Crippen molar-refractivity contribution in [2.45, 2.75) is 6.54 Å². The van der Waals surface area contributed by atoms with Gasteiger partial charge in [-0.3, -0.25) is 9.36 Å². The summed E-state index contributed by atoms with van der Waals surface area (Å²) >= 11 is 9.12. The van der Waals surface area contributed by atoms with E-state index in [1.807, 2.05) is 24.3 Å². The number of rotatable bonds is 2. The lowest BCUT2D eigenvalue weighted by atomic mass is 10.2. The molecule has 1 heterocycles. The lowest BCUT2D eigenvalue weighted by Crippen LogP contribution is -2.25. The molecule has 0 aliphatic heterocycles. The summed E-state index contributed by atoms with van der Waals surface area (Å²) in [5.74, 6) is -0.915. The molecular weight excluding hydrogens is 310 g/mol. The Bertz CT molecular complexity index is 615. The molecule has 17 heavy (non-hydrogen) atoms. The Balaban J connectivity index is 2.47. The van der Waals surface area contributed by atoms with Gasteiger partial charge in [0.25, 0.3) is 5.56 Å². The van der Waals surface area contributed by atoms with E-state index < -0.39 is 11.4 Å². The van der Waals surface area contributed by atoms with Gasteiger partial charge < -0.3 is 0 Å². The van der Waals surface area contributed by atoms with E-state index in [0.717, 1.165) is 20.8 Å². The van der Waals surface area contributed by atoms with Crippen LogP contribution in [0.5, 0.6) is 0 Å². The molecule has 2 aromatic rings. The Hall–Kier alpha value is -1.20. The summed E-state index contributed by atoms with van der Waals surface area (Å²) in [6.45, 7) is 0.170. The topological polar surface area (TPSA) is 34.9 Å². The van der Waals surface area contributed by atoms with Crippen molar-refractivity contribution >= 4 is 27.5 Å². The summed E-state index contributed by atoms with van der Waals surface area (Å²) in [5, 5.41) is -0.0350. The molecule has 0 unspecified atom stereocenters. The van der Waals surface area contributed by atoms with E-state index in [-0.39, 0.29) is 11.8 Å². The van der Waals surface area contributed by atoms with E-state index in [1.54, 1.807) is 0 Å². The Kier molecular flexibility index (Phi) is 3.59. The van der Waals surface area contributed by atoms with E-state index in [4.69, 9.17) is 11.6 Å². The predicted octanol–water partition coefficient (Wildman–Crippen LogP) is 2.85. The van der Waals surface area contributed by atoms with Crippen molar-refractivity contribution in [2.24, 2.45) is 0 Å². The second-order valence-electron chi connectivity index (χ2n) is 3.36. The van der Waals surface area contributed by atoms with Crippen LogP contribution in [0.4, 0.5) is 4.39 Å². The molecule has 2 rings (SSSR count). The molecule has 1 aromatic heterocycles. The van der Waals surface area contributed by atoms with E-state index in [2.05, 4.69) is 20.9 Å². The van der Waals surface area contributed by atoms with Gasteiger partial charge in [-0.05, 0) is 23.2 Å². The third kappa shape index (κ3) is 2.56. The zero-order chi connectivity index (χ0) is 12.4. The molecular formula is C11H7BrClFN2O. The summed E-state index contributed by atoms with van der Waals surface area (Å²) in [5.41, 5.74) is 0.0460. The van der Waals surface area contributed by atoms with Crippen molar-refractivity contribution in [1.29, 1.82) is 0 Å². The maximum atomic E-state index is 13.1. The minimum absolute atomic E-state index is 0.0350. The van der Waals surface area contributed by atoms with Gasteiger partial charge in [-0.15, -0.1) is 0 Å². The van der Waals surface area contributed by atoms with E-state index in [9.17, 15) is 9.18 Å². The van der Waals surface area contributed by atoms with Gasteiger partial charge in [-0.1, -0.05) is 34.1 Å². The number of halogens is 3. The van der Waals surface area contributed by atoms with Crippen molar-refractivity contribution in [2.75, 3.05) is 0 Å². The normalized spacial score (nSPS) is 10.5. The molecule has 0 saturated carbocycles. The third-order valence-electron chi connectivity index (χ3n) is 2.24. The van der Waals surface area contributed by atoms with Crippen LogP contribution in [0.3, 0.4) is 0 Å². The largest absolute Gasteiger partial charge is 0.290 e. The van der Waals surface area contributed by atoms with Crippen molar-refractivity contribution in [3.8, 4) is 0 Å². The van der Waals surface area contributed by atoms with Gasteiger partial charge in [0.1, 0.15) is 0 Å². The SMILES string of the molecule is O=c1c(F)cnc(Cl)n1Cc1ccccc1Br. The van der Waals surface area contributed by atoms with Crippen LogP contribution in [-0.2, 0) is 6.54 Å². The van der Waals surface area contributed by atoms with Gasteiger partial charge in [-0.25, -0.2) is 4.98 Å².